The number of hydrogen-bond acceptors (Lipinski definition) is 2. The van der Waals surface area contributed by atoms with Gasteiger partial charge in [0, 0.05) is 24.8 Å². The topological polar surface area (TPSA) is 15.3 Å². The Labute approximate surface area is 119 Å². The smallest absolute Gasteiger partial charge is 0.0368 e. The summed E-state index contributed by atoms with van der Waals surface area (Å²) in [7, 11) is 0. The summed E-state index contributed by atoms with van der Waals surface area (Å²) in [6.07, 6.45) is 1.19. The monoisotopic (exact) mass is 262 g/mol. The molecule has 19 heavy (non-hydrogen) atoms. The van der Waals surface area contributed by atoms with Gasteiger partial charge in [0.15, 0.2) is 0 Å². The highest BCUT2D eigenvalue weighted by Gasteiger charge is 2.11. The van der Waals surface area contributed by atoms with Crippen molar-refractivity contribution in [2.24, 2.45) is 5.92 Å². The first-order chi connectivity index (χ1) is 9.04. The molecule has 0 aliphatic rings. The first kappa shape index (κ1) is 16.0. The van der Waals surface area contributed by atoms with Gasteiger partial charge in [-0.1, -0.05) is 32.9 Å². The van der Waals surface area contributed by atoms with Gasteiger partial charge in [-0.15, -0.1) is 0 Å². The molecule has 0 radical (unpaired) electrons. The van der Waals surface area contributed by atoms with E-state index in [1.165, 1.54) is 17.7 Å². The Kier molecular flexibility index (Phi) is 6.93. The average Bonchev–Trinajstić information content (AvgIpc) is 2.37. The SMILES string of the molecule is CCCNCc1ccc(N(CC(C)C)C(C)C)cc1. The van der Waals surface area contributed by atoms with E-state index in [9.17, 15) is 0 Å². The van der Waals surface area contributed by atoms with Crippen LogP contribution in [0.4, 0.5) is 5.69 Å². The molecule has 2 heteroatoms. The van der Waals surface area contributed by atoms with Crippen LogP contribution in [0.5, 0.6) is 0 Å². The fourth-order valence-corrected chi connectivity index (χ4v) is 2.22. The van der Waals surface area contributed by atoms with Gasteiger partial charge in [0.25, 0.3) is 0 Å². The molecule has 0 saturated carbocycles. The van der Waals surface area contributed by atoms with Crippen LogP contribution in [0.1, 0.15) is 46.6 Å². The van der Waals surface area contributed by atoms with Crippen LogP contribution in [-0.4, -0.2) is 19.1 Å². The quantitative estimate of drug-likeness (QED) is 0.711. The molecule has 0 heterocycles. The molecule has 1 aromatic rings. The van der Waals surface area contributed by atoms with Crippen molar-refractivity contribution in [2.75, 3.05) is 18.0 Å². The Bertz CT molecular complexity index is 341. The molecule has 108 valence electrons. The Balaban J connectivity index is 2.66. The van der Waals surface area contributed by atoms with Crippen molar-refractivity contribution in [2.45, 2.75) is 53.6 Å². The van der Waals surface area contributed by atoms with E-state index in [1.807, 2.05) is 0 Å². The van der Waals surface area contributed by atoms with Crippen molar-refractivity contribution < 1.29 is 0 Å². The molecule has 0 saturated heterocycles. The van der Waals surface area contributed by atoms with Gasteiger partial charge in [-0.05, 0) is 50.4 Å². The molecular formula is C17H30N2. The lowest BCUT2D eigenvalue weighted by molar-refractivity contribution is 0.571. The number of rotatable bonds is 8. The normalized spacial score (nSPS) is 11.3. The predicted molar refractivity (Wildman–Crippen MR) is 85.8 cm³/mol. The second-order valence-corrected chi connectivity index (χ2v) is 5.98. The number of hydrogen-bond donors (Lipinski definition) is 1. The van der Waals surface area contributed by atoms with Crippen molar-refractivity contribution in [3.63, 3.8) is 0 Å². The average molecular weight is 262 g/mol. The first-order valence-corrected chi connectivity index (χ1v) is 7.60. The lowest BCUT2D eigenvalue weighted by atomic mass is 10.1. The van der Waals surface area contributed by atoms with Crippen LogP contribution < -0.4 is 10.2 Å². The lowest BCUT2D eigenvalue weighted by Crippen LogP contribution is -2.34. The van der Waals surface area contributed by atoms with Gasteiger partial charge in [0.1, 0.15) is 0 Å². The van der Waals surface area contributed by atoms with E-state index in [-0.39, 0.29) is 0 Å². The highest BCUT2D eigenvalue weighted by Crippen LogP contribution is 2.19. The maximum absolute atomic E-state index is 3.44. The van der Waals surface area contributed by atoms with Crippen LogP contribution >= 0.6 is 0 Å². The zero-order valence-corrected chi connectivity index (χ0v) is 13.2. The molecule has 0 amide bonds. The standard InChI is InChI=1S/C17H30N2/c1-6-11-18-12-16-7-9-17(10-8-16)19(15(4)5)13-14(2)3/h7-10,14-15,18H,6,11-13H2,1-5H3. The van der Waals surface area contributed by atoms with Crippen LogP contribution in [0.2, 0.25) is 0 Å². The van der Waals surface area contributed by atoms with E-state index in [2.05, 4.69) is 69.1 Å². The Morgan fingerprint density at radius 3 is 2.16 bits per heavy atom. The molecule has 0 unspecified atom stereocenters. The first-order valence-electron chi connectivity index (χ1n) is 7.60. The molecule has 0 fully saturated rings. The van der Waals surface area contributed by atoms with Crippen molar-refractivity contribution in [1.82, 2.24) is 5.32 Å². The molecule has 0 aliphatic heterocycles. The highest BCUT2D eigenvalue weighted by atomic mass is 15.1. The van der Waals surface area contributed by atoms with E-state index >= 15 is 0 Å². The molecule has 0 aromatic heterocycles. The predicted octanol–water partition coefficient (Wildman–Crippen LogP) is 4.06. The second-order valence-electron chi connectivity index (χ2n) is 5.98. The van der Waals surface area contributed by atoms with Gasteiger partial charge >= 0.3 is 0 Å². The molecule has 1 N–H and O–H groups in total. The van der Waals surface area contributed by atoms with Crippen molar-refractivity contribution >= 4 is 5.69 Å². The maximum atomic E-state index is 3.44. The van der Waals surface area contributed by atoms with Crippen LogP contribution in [0.15, 0.2) is 24.3 Å². The minimum atomic E-state index is 0.548. The summed E-state index contributed by atoms with van der Waals surface area (Å²) in [6, 6.07) is 9.55. The molecule has 0 spiro atoms. The molecule has 1 rings (SSSR count). The molecule has 0 bridgehead atoms. The van der Waals surface area contributed by atoms with Crippen molar-refractivity contribution in [1.29, 1.82) is 0 Å². The Morgan fingerprint density at radius 1 is 1.05 bits per heavy atom. The summed E-state index contributed by atoms with van der Waals surface area (Å²) in [4.78, 5) is 2.48. The third-order valence-electron chi connectivity index (χ3n) is 3.21. The Morgan fingerprint density at radius 2 is 1.68 bits per heavy atom. The zero-order chi connectivity index (χ0) is 14.3. The van der Waals surface area contributed by atoms with E-state index in [4.69, 9.17) is 0 Å². The number of anilines is 1. The van der Waals surface area contributed by atoms with Crippen LogP contribution in [0.3, 0.4) is 0 Å². The van der Waals surface area contributed by atoms with Gasteiger partial charge in [0.05, 0.1) is 0 Å². The number of nitrogens with zero attached hydrogens (tertiary/aromatic N) is 1. The van der Waals surface area contributed by atoms with Crippen molar-refractivity contribution in [3.05, 3.63) is 29.8 Å². The molecule has 0 atom stereocenters. The van der Waals surface area contributed by atoms with Gasteiger partial charge in [-0.2, -0.15) is 0 Å². The minimum Gasteiger partial charge on any atom is -0.369 e. The van der Waals surface area contributed by atoms with Crippen LogP contribution in [0.25, 0.3) is 0 Å². The third-order valence-corrected chi connectivity index (χ3v) is 3.21. The zero-order valence-electron chi connectivity index (χ0n) is 13.2. The van der Waals surface area contributed by atoms with Gasteiger partial charge in [-0.25, -0.2) is 0 Å². The summed E-state index contributed by atoms with van der Waals surface area (Å²) in [6.45, 7) is 14.5. The number of benzene rings is 1. The van der Waals surface area contributed by atoms with Gasteiger partial charge in [-0.3, -0.25) is 0 Å². The largest absolute Gasteiger partial charge is 0.369 e. The summed E-state index contributed by atoms with van der Waals surface area (Å²) in [5.74, 6) is 0.688. The molecule has 0 aliphatic carbocycles. The van der Waals surface area contributed by atoms with Gasteiger partial charge < -0.3 is 10.2 Å². The van der Waals surface area contributed by atoms with Gasteiger partial charge in [0.2, 0.25) is 0 Å². The van der Waals surface area contributed by atoms with E-state index in [1.54, 1.807) is 0 Å². The van der Waals surface area contributed by atoms with Crippen molar-refractivity contribution in [3.8, 4) is 0 Å². The fraction of sp³-hybridized carbons (Fsp3) is 0.647. The summed E-state index contributed by atoms with van der Waals surface area (Å²) in [5.41, 5.74) is 2.70. The summed E-state index contributed by atoms with van der Waals surface area (Å²) >= 11 is 0. The lowest BCUT2D eigenvalue weighted by Gasteiger charge is -2.31. The van der Waals surface area contributed by atoms with E-state index < -0.39 is 0 Å². The number of nitrogens with one attached hydrogen (secondary N) is 1. The molecular weight excluding hydrogens is 232 g/mol. The highest BCUT2D eigenvalue weighted by molar-refractivity contribution is 5.48. The fourth-order valence-electron chi connectivity index (χ4n) is 2.22. The minimum absolute atomic E-state index is 0.548. The van der Waals surface area contributed by atoms with Crippen LogP contribution in [0, 0.1) is 5.92 Å². The van der Waals surface area contributed by atoms with E-state index in [0.717, 1.165) is 19.6 Å². The molecule has 1 aromatic carbocycles. The maximum Gasteiger partial charge on any atom is 0.0368 e. The van der Waals surface area contributed by atoms with E-state index in [0.29, 0.717) is 12.0 Å². The Hall–Kier alpha value is -1.02. The summed E-state index contributed by atoms with van der Waals surface area (Å²) < 4.78 is 0. The van der Waals surface area contributed by atoms with Crippen LogP contribution in [-0.2, 0) is 6.54 Å². The molecule has 2 nitrogen and oxygen atoms in total. The third kappa shape index (κ3) is 5.65. The summed E-state index contributed by atoms with van der Waals surface area (Å²) in [5, 5.41) is 3.44. The second kappa shape index (κ2) is 8.21.